The van der Waals surface area contributed by atoms with Gasteiger partial charge in [-0.3, -0.25) is 14.7 Å². The van der Waals surface area contributed by atoms with Gasteiger partial charge in [-0.1, -0.05) is 54.4 Å². The summed E-state index contributed by atoms with van der Waals surface area (Å²) in [6.07, 6.45) is 4.00. The Labute approximate surface area is 190 Å². The van der Waals surface area contributed by atoms with Gasteiger partial charge in [0.2, 0.25) is 0 Å². The second-order valence-electron chi connectivity index (χ2n) is 7.74. The Bertz CT molecular complexity index is 863. The van der Waals surface area contributed by atoms with Crippen molar-refractivity contribution in [1.82, 2.24) is 20.9 Å². The number of likely N-dealkylation sites (tertiary alicyclic amines) is 1. The first kappa shape index (κ1) is 23.1. The minimum atomic E-state index is -0.181. The van der Waals surface area contributed by atoms with Gasteiger partial charge < -0.3 is 16.0 Å². The van der Waals surface area contributed by atoms with Crippen molar-refractivity contribution in [3.63, 3.8) is 0 Å². The molecular weight excluding hydrogens is 410 g/mol. The summed E-state index contributed by atoms with van der Waals surface area (Å²) in [4.78, 5) is 18.9. The first-order chi connectivity index (χ1) is 15.2. The van der Waals surface area contributed by atoms with E-state index in [-0.39, 0.29) is 5.91 Å². The summed E-state index contributed by atoms with van der Waals surface area (Å²) in [6, 6.07) is 15.8. The first-order valence-electron chi connectivity index (χ1n) is 10.9. The van der Waals surface area contributed by atoms with Gasteiger partial charge in [0.1, 0.15) is 0 Å². The van der Waals surface area contributed by atoms with E-state index in [0.717, 1.165) is 6.54 Å². The summed E-state index contributed by atoms with van der Waals surface area (Å²) in [5.74, 6) is 0.518. The van der Waals surface area contributed by atoms with Gasteiger partial charge in [0, 0.05) is 33.2 Å². The summed E-state index contributed by atoms with van der Waals surface area (Å²) >= 11 is 6.05. The molecule has 7 heteroatoms. The van der Waals surface area contributed by atoms with Gasteiger partial charge in [-0.2, -0.15) is 0 Å². The molecule has 1 amide bonds. The molecule has 1 fully saturated rings. The average Bonchev–Trinajstić information content (AvgIpc) is 2.80. The van der Waals surface area contributed by atoms with Crippen molar-refractivity contribution in [2.75, 3.05) is 33.2 Å². The van der Waals surface area contributed by atoms with E-state index >= 15 is 0 Å². The van der Waals surface area contributed by atoms with Crippen molar-refractivity contribution in [2.45, 2.75) is 32.4 Å². The minimum absolute atomic E-state index is 0.181. The molecule has 31 heavy (non-hydrogen) atoms. The summed E-state index contributed by atoms with van der Waals surface area (Å²) < 4.78 is 0. The third kappa shape index (κ3) is 7.56. The molecule has 0 bridgehead atoms. The smallest absolute Gasteiger partial charge is 0.252 e. The van der Waals surface area contributed by atoms with E-state index in [1.54, 1.807) is 31.3 Å². The topological polar surface area (TPSA) is 68.8 Å². The number of hydrogen-bond donors (Lipinski definition) is 3. The summed E-state index contributed by atoms with van der Waals surface area (Å²) in [5, 5.41) is 9.83. The van der Waals surface area contributed by atoms with Crippen LogP contribution in [0, 0.1) is 0 Å². The molecule has 1 saturated heterocycles. The van der Waals surface area contributed by atoms with E-state index < -0.39 is 0 Å². The number of nitrogens with one attached hydrogen (secondary N) is 3. The number of halogens is 1. The SMILES string of the molecule is CN=C(NCCNC(=O)c1ccccc1Cl)NCc1ccc(CN2CCCCC2)cc1. The molecular formula is C24H32ClN5O. The molecule has 166 valence electrons. The number of piperidine rings is 1. The van der Waals surface area contributed by atoms with Crippen LogP contribution in [0.1, 0.15) is 40.7 Å². The number of carbonyl (C=O) groups is 1. The normalized spacial score (nSPS) is 14.8. The molecule has 0 unspecified atom stereocenters. The van der Waals surface area contributed by atoms with Crippen LogP contribution in [-0.2, 0) is 13.1 Å². The summed E-state index contributed by atoms with van der Waals surface area (Å²) in [6.45, 7) is 5.18. The maximum atomic E-state index is 12.2. The fourth-order valence-electron chi connectivity index (χ4n) is 3.64. The van der Waals surface area contributed by atoms with Gasteiger partial charge in [-0.05, 0) is 49.2 Å². The first-order valence-corrected chi connectivity index (χ1v) is 11.3. The van der Waals surface area contributed by atoms with E-state index in [1.165, 1.54) is 43.5 Å². The van der Waals surface area contributed by atoms with Crippen LogP contribution in [0.2, 0.25) is 5.02 Å². The lowest BCUT2D eigenvalue weighted by atomic mass is 10.1. The molecule has 1 heterocycles. The largest absolute Gasteiger partial charge is 0.355 e. The molecule has 0 spiro atoms. The van der Waals surface area contributed by atoms with E-state index in [2.05, 4.69) is 50.1 Å². The monoisotopic (exact) mass is 441 g/mol. The Balaban J connectivity index is 1.36. The molecule has 1 aliphatic rings. The number of carbonyl (C=O) groups excluding carboxylic acids is 1. The number of nitrogens with zero attached hydrogens (tertiary/aromatic N) is 2. The molecule has 6 nitrogen and oxygen atoms in total. The van der Waals surface area contributed by atoms with E-state index in [0.29, 0.717) is 36.2 Å². The van der Waals surface area contributed by atoms with E-state index in [9.17, 15) is 4.79 Å². The number of amides is 1. The van der Waals surface area contributed by atoms with Crippen LogP contribution in [-0.4, -0.2) is 50.0 Å². The molecule has 3 N–H and O–H groups in total. The second kappa shape index (κ2) is 12.3. The van der Waals surface area contributed by atoms with Crippen molar-refractivity contribution >= 4 is 23.5 Å². The van der Waals surface area contributed by atoms with Crippen LogP contribution < -0.4 is 16.0 Å². The Morgan fingerprint density at radius 2 is 1.61 bits per heavy atom. The number of rotatable bonds is 8. The minimum Gasteiger partial charge on any atom is -0.355 e. The van der Waals surface area contributed by atoms with Crippen LogP contribution in [0.5, 0.6) is 0 Å². The third-order valence-corrected chi connectivity index (χ3v) is 5.71. The van der Waals surface area contributed by atoms with E-state index in [4.69, 9.17) is 11.6 Å². The van der Waals surface area contributed by atoms with Crippen LogP contribution in [0.25, 0.3) is 0 Å². The molecule has 3 rings (SSSR count). The molecule has 0 atom stereocenters. The van der Waals surface area contributed by atoms with Gasteiger partial charge in [0.15, 0.2) is 5.96 Å². The highest BCUT2D eigenvalue weighted by molar-refractivity contribution is 6.33. The second-order valence-corrected chi connectivity index (χ2v) is 8.15. The highest BCUT2D eigenvalue weighted by Crippen LogP contribution is 2.15. The molecule has 0 aromatic heterocycles. The van der Waals surface area contributed by atoms with Gasteiger partial charge in [-0.15, -0.1) is 0 Å². The van der Waals surface area contributed by atoms with Crippen LogP contribution in [0.15, 0.2) is 53.5 Å². The van der Waals surface area contributed by atoms with Crippen LogP contribution in [0.4, 0.5) is 0 Å². The molecule has 2 aromatic carbocycles. The van der Waals surface area contributed by atoms with Crippen molar-refractivity contribution in [1.29, 1.82) is 0 Å². The van der Waals surface area contributed by atoms with Gasteiger partial charge in [0.25, 0.3) is 5.91 Å². The zero-order chi connectivity index (χ0) is 21.9. The molecule has 2 aromatic rings. The average molecular weight is 442 g/mol. The molecule has 0 saturated carbocycles. The van der Waals surface area contributed by atoms with Crippen molar-refractivity contribution < 1.29 is 4.79 Å². The fraction of sp³-hybridized carbons (Fsp3) is 0.417. The Morgan fingerprint density at radius 1 is 0.935 bits per heavy atom. The standard InChI is InChI=1S/C24H32ClN5O/c1-26-24(28-14-13-27-23(31)21-7-3-4-8-22(21)25)29-17-19-9-11-20(12-10-19)18-30-15-5-2-6-16-30/h3-4,7-12H,2,5-6,13-18H2,1H3,(H,27,31)(H2,26,28,29). The van der Waals surface area contributed by atoms with Crippen molar-refractivity contribution in [3.05, 3.63) is 70.2 Å². The van der Waals surface area contributed by atoms with E-state index in [1.807, 2.05) is 0 Å². The predicted molar refractivity (Wildman–Crippen MR) is 128 cm³/mol. The highest BCUT2D eigenvalue weighted by atomic mass is 35.5. The van der Waals surface area contributed by atoms with Crippen LogP contribution in [0.3, 0.4) is 0 Å². The van der Waals surface area contributed by atoms with Gasteiger partial charge in [-0.25, -0.2) is 0 Å². The van der Waals surface area contributed by atoms with Gasteiger partial charge >= 0.3 is 0 Å². The lowest BCUT2D eigenvalue weighted by Crippen LogP contribution is -2.41. The summed E-state index contributed by atoms with van der Waals surface area (Å²) in [7, 11) is 1.74. The van der Waals surface area contributed by atoms with Crippen LogP contribution >= 0.6 is 11.6 Å². The Kier molecular flexibility index (Phi) is 9.18. The number of benzene rings is 2. The lowest BCUT2D eigenvalue weighted by Gasteiger charge is -2.26. The van der Waals surface area contributed by atoms with Crippen molar-refractivity contribution in [3.8, 4) is 0 Å². The number of guanidine groups is 1. The van der Waals surface area contributed by atoms with Gasteiger partial charge in [0.05, 0.1) is 10.6 Å². The van der Waals surface area contributed by atoms with Crippen molar-refractivity contribution in [2.24, 2.45) is 4.99 Å². The quantitative estimate of drug-likeness (QED) is 0.333. The predicted octanol–water partition coefficient (Wildman–Crippen LogP) is 3.42. The number of aliphatic imine (C=N–C) groups is 1. The highest BCUT2D eigenvalue weighted by Gasteiger charge is 2.10. The molecule has 1 aliphatic heterocycles. The molecule has 0 radical (unpaired) electrons. The maximum absolute atomic E-state index is 12.2. The lowest BCUT2D eigenvalue weighted by molar-refractivity contribution is 0.0954. The fourth-order valence-corrected chi connectivity index (χ4v) is 3.86. The zero-order valence-corrected chi connectivity index (χ0v) is 18.9. The maximum Gasteiger partial charge on any atom is 0.252 e. The number of hydrogen-bond acceptors (Lipinski definition) is 3. The summed E-state index contributed by atoms with van der Waals surface area (Å²) in [5.41, 5.74) is 3.05. The Hall–Kier alpha value is -2.57. The zero-order valence-electron chi connectivity index (χ0n) is 18.2. The Morgan fingerprint density at radius 3 is 2.32 bits per heavy atom. The molecule has 0 aliphatic carbocycles. The third-order valence-electron chi connectivity index (χ3n) is 5.38.